The maximum absolute atomic E-state index is 6.11. The minimum atomic E-state index is 0.290. The first-order chi connectivity index (χ1) is 8.33. The van der Waals surface area contributed by atoms with E-state index in [-0.39, 0.29) is 0 Å². The summed E-state index contributed by atoms with van der Waals surface area (Å²) in [7, 11) is 2.19. The topological polar surface area (TPSA) is 15.7 Å². The number of hydrogen-bond acceptors (Lipinski definition) is 3. The zero-order chi connectivity index (χ0) is 11.7. The van der Waals surface area contributed by atoms with Crippen molar-refractivity contribution in [1.29, 1.82) is 0 Å². The Bertz CT molecular complexity index is 386. The molecule has 17 heavy (non-hydrogen) atoms. The van der Waals surface area contributed by atoms with Crippen LogP contribution >= 0.6 is 0 Å². The Labute approximate surface area is 103 Å². The number of hydrogen-bond donors (Lipinski definition) is 0. The summed E-state index contributed by atoms with van der Waals surface area (Å²) in [5.74, 6) is 1.09. The molecule has 92 valence electrons. The van der Waals surface area contributed by atoms with Crippen LogP contribution in [-0.2, 0) is 6.42 Å². The van der Waals surface area contributed by atoms with E-state index in [9.17, 15) is 0 Å². The van der Waals surface area contributed by atoms with Crippen molar-refractivity contribution in [3.8, 4) is 5.75 Å². The van der Waals surface area contributed by atoms with Gasteiger partial charge in [0.15, 0.2) is 6.23 Å². The van der Waals surface area contributed by atoms with Gasteiger partial charge in [0.05, 0.1) is 0 Å². The summed E-state index contributed by atoms with van der Waals surface area (Å²) in [5.41, 5.74) is 1.36. The van der Waals surface area contributed by atoms with Crippen molar-refractivity contribution in [2.45, 2.75) is 19.1 Å². The zero-order valence-electron chi connectivity index (χ0n) is 10.4. The highest BCUT2D eigenvalue weighted by molar-refractivity contribution is 5.34. The smallest absolute Gasteiger partial charge is 0.153 e. The molecule has 3 nitrogen and oxygen atoms in total. The van der Waals surface area contributed by atoms with Gasteiger partial charge in [-0.3, -0.25) is 4.90 Å². The minimum absolute atomic E-state index is 0.290. The number of fused-ring (bicyclic) bond motifs is 1. The molecular weight excluding hydrogens is 212 g/mol. The van der Waals surface area contributed by atoms with E-state index in [4.69, 9.17) is 4.74 Å². The third-order valence-electron chi connectivity index (χ3n) is 3.84. The van der Waals surface area contributed by atoms with Gasteiger partial charge in [-0.2, -0.15) is 0 Å². The van der Waals surface area contributed by atoms with Crippen molar-refractivity contribution in [2.24, 2.45) is 0 Å². The number of para-hydroxylation sites is 1. The van der Waals surface area contributed by atoms with Crippen LogP contribution in [0, 0.1) is 0 Å². The maximum atomic E-state index is 6.11. The summed E-state index contributed by atoms with van der Waals surface area (Å²) < 4.78 is 6.11. The molecule has 0 amide bonds. The van der Waals surface area contributed by atoms with Crippen LogP contribution in [0.4, 0.5) is 0 Å². The van der Waals surface area contributed by atoms with Gasteiger partial charge in [0, 0.05) is 32.6 Å². The molecule has 0 aliphatic carbocycles. The van der Waals surface area contributed by atoms with Gasteiger partial charge in [0.25, 0.3) is 0 Å². The van der Waals surface area contributed by atoms with Crippen LogP contribution in [0.1, 0.15) is 12.0 Å². The third kappa shape index (κ3) is 2.31. The summed E-state index contributed by atoms with van der Waals surface area (Å²) >= 11 is 0. The van der Waals surface area contributed by atoms with Gasteiger partial charge in [0.2, 0.25) is 0 Å². The molecular formula is C14H20N2O. The largest absolute Gasteiger partial charge is 0.475 e. The van der Waals surface area contributed by atoms with E-state index >= 15 is 0 Å². The molecule has 2 aliphatic rings. The molecule has 3 rings (SSSR count). The van der Waals surface area contributed by atoms with Crippen LogP contribution in [0.2, 0.25) is 0 Å². The van der Waals surface area contributed by atoms with E-state index in [1.165, 1.54) is 5.56 Å². The van der Waals surface area contributed by atoms with E-state index in [0.717, 1.165) is 44.8 Å². The highest BCUT2D eigenvalue weighted by Crippen LogP contribution is 2.28. The molecule has 1 aromatic carbocycles. The highest BCUT2D eigenvalue weighted by Gasteiger charge is 2.27. The predicted octanol–water partition coefficient (Wildman–Crippen LogP) is 1.59. The molecule has 1 unspecified atom stereocenters. The molecule has 0 radical (unpaired) electrons. The van der Waals surface area contributed by atoms with Gasteiger partial charge in [0.1, 0.15) is 5.75 Å². The normalized spacial score (nSPS) is 26.3. The molecule has 2 heterocycles. The van der Waals surface area contributed by atoms with Crippen LogP contribution in [0.15, 0.2) is 24.3 Å². The van der Waals surface area contributed by atoms with E-state index < -0.39 is 0 Å². The molecule has 1 fully saturated rings. The van der Waals surface area contributed by atoms with E-state index in [2.05, 4.69) is 41.1 Å². The summed E-state index contributed by atoms with van der Waals surface area (Å²) in [4.78, 5) is 4.86. The molecule has 1 aromatic rings. The lowest BCUT2D eigenvalue weighted by Gasteiger charge is -2.39. The summed E-state index contributed by atoms with van der Waals surface area (Å²) in [6.07, 6.45) is 2.56. The minimum Gasteiger partial charge on any atom is -0.475 e. The van der Waals surface area contributed by atoms with Gasteiger partial charge < -0.3 is 9.64 Å². The summed E-state index contributed by atoms with van der Waals surface area (Å²) in [6.45, 7) is 4.57. The lowest BCUT2D eigenvalue weighted by Crippen LogP contribution is -2.51. The van der Waals surface area contributed by atoms with E-state index in [1.54, 1.807) is 0 Å². The fraction of sp³-hybridized carbons (Fsp3) is 0.571. The van der Waals surface area contributed by atoms with Crippen molar-refractivity contribution < 1.29 is 4.74 Å². The molecule has 0 bridgehead atoms. The molecule has 0 saturated carbocycles. The number of likely N-dealkylation sites (N-methyl/N-ethyl adjacent to an activating group) is 1. The van der Waals surface area contributed by atoms with Gasteiger partial charge in [-0.05, 0) is 25.1 Å². The van der Waals surface area contributed by atoms with Crippen LogP contribution in [0.5, 0.6) is 5.75 Å². The first-order valence-corrected chi connectivity index (χ1v) is 6.50. The van der Waals surface area contributed by atoms with Crippen molar-refractivity contribution in [1.82, 2.24) is 9.80 Å². The monoisotopic (exact) mass is 232 g/mol. The number of ether oxygens (including phenoxy) is 1. The van der Waals surface area contributed by atoms with Crippen molar-refractivity contribution >= 4 is 0 Å². The number of piperazine rings is 1. The Morgan fingerprint density at radius 3 is 2.71 bits per heavy atom. The molecule has 0 aromatic heterocycles. The van der Waals surface area contributed by atoms with Crippen molar-refractivity contribution in [3.05, 3.63) is 29.8 Å². The highest BCUT2D eigenvalue weighted by atomic mass is 16.5. The number of nitrogens with zero attached hydrogens (tertiary/aromatic N) is 2. The molecule has 3 heteroatoms. The Kier molecular flexibility index (Phi) is 3.04. The van der Waals surface area contributed by atoms with Crippen molar-refractivity contribution in [3.63, 3.8) is 0 Å². The summed E-state index contributed by atoms with van der Waals surface area (Å²) in [5, 5.41) is 0. The summed E-state index contributed by atoms with van der Waals surface area (Å²) in [6, 6.07) is 8.43. The number of rotatable bonds is 1. The van der Waals surface area contributed by atoms with Crippen LogP contribution in [0.3, 0.4) is 0 Å². The van der Waals surface area contributed by atoms with Gasteiger partial charge in [-0.25, -0.2) is 0 Å². The molecule has 2 aliphatic heterocycles. The first-order valence-electron chi connectivity index (χ1n) is 6.50. The lowest BCUT2D eigenvalue weighted by molar-refractivity contribution is -0.0153. The predicted molar refractivity (Wildman–Crippen MR) is 68.2 cm³/mol. The van der Waals surface area contributed by atoms with E-state index in [1.807, 2.05) is 0 Å². The standard InChI is InChI=1S/C14H20N2O/c1-15-8-10-16(11-9-15)14-7-6-12-4-2-3-5-13(12)17-14/h2-5,14H,6-11H2,1H3. The fourth-order valence-corrected chi connectivity index (χ4v) is 2.68. The zero-order valence-corrected chi connectivity index (χ0v) is 10.4. The van der Waals surface area contributed by atoms with E-state index in [0.29, 0.717) is 6.23 Å². The fourth-order valence-electron chi connectivity index (χ4n) is 2.68. The molecule has 0 spiro atoms. The molecule has 1 saturated heterocycles. The lowest BCUT2D eigenvalue weighted by atomic mass is 10.0. The Balaban J connectivity index is 1.68. The second kappa shape index (κ2) is 4.67. The Morgan fingerprint density at radius 1 is 1.12 bits per heavy atom. The number of benzene rings is 1. The van der Waals surface area contributed by atoms with Gasteiger partial charge >= 0.3 is 0 Å². The van der Waals surface area contributed by atoms with Gasteiger partial charge in [-0.1, -0.05) is 18.2 Å². The van der Waals surface area contributed by atoms with Crippen LogP contribution in [-0.4, -0.2) is 49.3 Å². The first kappa shape index (κ1) is 11.1. The van der Waals surface area contributed by atoms with Gasteiger partial charge in [-0.15, -0.1) is 0 Å². The second-order valence-corrected chi connectivity index (χ2v) is 5.06. The third-order valence-corrected chi connectivity index (χ3v) is 3.84. The maximum Gasteiger partial charge on any atom is 0.153 e. The second-order valence-electron chi connectivity index (χ2n) is 5.06. The molecule has 1 atom stereocenters. The van der Waals surface area contributed by atoms with Crippen LogP contribution in [0.25, 0.3) is 0 Å². The quantitative estimate of drug-likeness (QED) is 0.731. The Hall–Kier alpha value is -1.06. The number of aryl methyl sites for hydroxylation is 1. The van der Waals surface area contributed by atoms with Crippen LogP contribution < -0.4 is 4.74 Å². The van der Waals surface area contributed by atoms with Crippen molar-refractivity contribution in [2.75, 3.05) is 33.2 Å². The molecule has 0 N–H and O–H groups in total. The Morgan fingerprint density at radius 2 is 1.88 bits per heavy atom. The average molecular weight is 232 g/mol. The average Bonchev–Trinajstić information content (AvgIpc) is 2.39. The SMILES string of the molecule is CN1CCN(C2CCc3ccccc3O2)CC1.